The summed E-state index contributed by atoms with van der Waals surface area (Å²) in [6.45, 7) is 3.64. The number of carbonyl (C=O) groups is 4. The number of urea groups is 1. The van der Waals surface area contributed by atoms with Crippen molar-refractivity contribution in [2.24, 2.45) is 0 Å². The maximum atomic E-state index is 12.1. The number of carboxylic acids is 1. The highest BCUT2D eigenvalue weighted by molar-refractivity contribution is 6.06. The van der Waals surface area contributed by atoms with Crippen molar-refractivity contribution in [2.45, 2.75) is 38.8 Å². The molecule has 20 heavy (non-hydrogen) atoms. The van der Waals surface area contributed by atoms with Crippen LogP contribution < -0.4 is 5.32 Å². The van der Waals surface area contributed by atoms with Crippen molar-refractivity contribution < 1.29 is 24.3 Å². The van der Waals surface area contributed by atoms with Crippen LogP contribution in [0.15, 0.2) is 0 Å². The predicted octanol–water partition coefficient (Wildman–Crippen LogP) is -0.362. The van der Waals surface area contributed by atoms with Gasteiger partial charge in [-0.1, -0.05) is 0 Å². The van der Waals surface area contributed by atoms with Crippen LogP contribution in [-0.4, -0.2) is 64.4 Å². The zero-order valence-electron chi connectivity index (χ0n) is 11.8. The highest BCUT2D eigenvalue weighted by Crippen LogP contribution is 2.12. The second-order valence-corrected chi connectivity index (χ2v) is 4.73. The van der Waals surface area contributed by atoms with Crippen LogP contribution in [0, 0.1) is 0 Å². The van der Waals surface area contributed by atoms with E-state index in [9.17, 15) is 19.2 Å². The van der Waals surface area contributed by atoms with Crippen LogP contribution >= 0.6 is 0 Å². The minimum atomic E-state index is -1.00. The van der Waals surface area contributed by atoms with E-state index in [1.807, 2.05) is 0 Å². The number of amides is 4. The molecule has 0 spiro atoms. The van der Waals surface area contributed by atoms with Gasteiger partial charge in [-0.15, -0.1) is 0 Å². The molecule has 1 saturated heterocycles. The van der Waals surface area contributed by atoms with Gasteiger partial charge in [-0.05, 0) is 13.8 Å². The van der Waals surface area contributed by atoms with Crippen LogP contribution in [0.1, 0.15) is 26.7 Å². The molecule has 1 aliphatic rings. The molecule has 0 aromatic carbocycles. The summed E-state index contributed by atoms with van der Waals surface area (Å²) in [4.78, 5) is 48.1. The molecule has 0 aromatic rings. The lowest BCUT2D eigenvalue weighted by Crippen LogP contribution is -2.50. The topological polar surface area (TPSA) is 107 Å². The van der Waals surface area contributed by atoms with Crippen molar-refractivity contribution in [1.82, 2.24) is 15.1 Å². The third-order valence-corrected chi connectivity index (χ3v) is 3.28. The lowest BCUT2D eigenvalue weighted by Gasteiger charge is -2.28. The van der Waals surface area contributed by atoms with E-state index in [4.69, 9.17) is 5.11 Å². The lowest BCUT2D eigenvalue weighted by molar-refractivity contribution is -0.139. The zero-order chi connectivity index (χ0) is 15.4. The number of hydrogen-bond donors (Lipinski definition) is 2. The fourth-order valence-corrected chi connectivity index (χ4v) is 2.12. The van der Waals surface area contributed by atoms with Gasteiger partial charge in [0, 0.05) is 19.6 Å². The van der Waals surface area contributed by atoms with Gasteiger partial charge in [0.2, 0.25) is 5.91 Å². The SMILES string of the molecule is CCN(C(=O)NC1CC(=O)N(C)C1=O)C(C)CC(=O)O. The molecule has 1 heterocycles. The molecule has 8 nitrogen and oxygen atoms in total. The third kappa shape index (κ3) is 3.46. The Labute approximate surface area is 116 Å². The van der Waals surface area contributed by atoms with E-state index in [0.717, 1.165) is 4.90 Å². The summed E-state index contributed by atoms with van der Waals surface area (Å²) in [6.07, 6.45) is -0.245. The third-order valence-electron chi connectivity index (χ3n) is 3.28. The largest absolute Gasteiger partial charge is 0.481 e. The van der Waals surface area contributed by atoms with Gasteiger partial charge in [-0.2, -0.15) is 0 Å². The molecule has 2 unspecified atom stereocenters. The van der Waals surface area contributed by atoms with Gasteiger partial charge in [-0.3, -0.25) is 19.3 Å². The number of rotatable bonds is 5. The first-order chi connectivity index (χ1) is 9.27. The highest BCUT2D eigenvalue weighted by Gasteiger charge is 2.38. The number of imide groups is 1. The average molecular weight is 285 g/mol. The Balaban J connectivity index is 2.67. The first-order valence-corrected chi connectivity index (χ1v) is 6.37. The molecular weight excluding hydrogens is 266 g/mol. The predicted molar refractivity (Wildman–Crippen MR) is 68.8 cm³/mol. The number of likely N-dealkylation sites (N-methyl/N-ethyl adjacent to an activating group) is 1. The second kappa shape index (κ2) is 6.36. The second-order valence-electron chi connectivity index (χ2n) is 4.73. The lowest BCUT2D eigenvalue weighted by atomic mass is 10.2. The maximum Gasteiger partial charge on any atom is 0.318 e. The highest BCUT2D eigenvalue weighted by atomic mass is 16.4. The van der Waals surface area contributed by atoms with Gasteiger partial charge < -0.3 is 15.3 Å². The smallest absolute Gasteiger partial charge is 0.318 e. The molecule has 2 atom stereocenters. The van der Waals surface area contributed by atoms with E-state index >= 15 is 0 Å². The molecule has 0 aliphatic carbocycles. The Hall–Kier alpha value is -2.12. The molecular formula is C12H19N3O5. The van der Waals surface area contributed by atoms with Gasteiger partial charge in [0.15, 0.2) is 0 Å². The minimum absolute atomic E-state index is 0.0636. The van der Waals surface area contributed by atoms with Gasteiger partial charge in [-0.25, -0.2) is 4.79 Å². The normalized spacial score (nSPS) is 19.9. The van der Waals surface area contributed by atoms with E-state index in [2.05, 4.69) is 5.32 Å². The number of nitrogens with zero attached hydrogens (tertiary/aromatic N) is 2. The molecule has 2 N–H and O–H groups in total. The summed E-state index contributed by atoms with van der Waals surface area (Å²) in [5.74, 6) is -1.80. The standard InChI is InChI=1S/C12H19N3O5/c1-4-15(7(2)5-10(17)18)12(20)13-8-6-9(16)14(3)11(8)19/h7-8H,4-6H2,1-3H3,(H,13,20)(H,17,18). The van der Waals surface area contributed by atoms with Gasteiger partial charge in [0.25, 0.3) is 5.91 Å². The maximum absolute atomic E-state index is 12.1. The number of aliphatic carboxylic acids is 1. The van der Waals surface area contributed by atoms with Crippen LogP contribution in [0.2, 0.25) is 0 Å². The molecule has 0 radical (unpaired) electrons. The summed E-state index contributed by atoms with van der Waals surface area (Å²) in [7, 11) is 1.36. The van der Waals surface area contributed by atoms with Crippen LogP contribution in [0.4, 0.5) is 4.79 Å². The molecule has 1 rings (SSSR count). The molecule has 0 saturated carbocycles. The number of likely N-dealkylation sites (tertiary alicyclic amines) is 1. The van der Waals surface area contributed by atoms with Crippen molar-refractivity contribution >= 4 is 23.8 Å². The van der Waals surface area contributed by atoms with E-state index < -0.39 is 30.0 Å². The van der Waals surface area contributed by atoms with E-state index in [1.54, 1.807) is 13.8 Å². The van der Waals surface area contributed by atoms with Crippen molar-refractivity contribution in [3.8, 4) is 0 Å². The summed E-state index contributed by atoms with van der Waals surface area (Å²) >= 11 is 0. The fourth-order valence-electron chi connectivity index (χ4n) is 2.12. The molecule has 0 aromatic heterocycles. The Morgan fingerprint density at radius 3 is 2.50 bits per heavy atom. The molecule has 112 valence electrons. The summed E-state index contributed by atoms with van der Waals surface area (Å²) in [5.41, 5.74) is 0. The van der Waals surface area contributed by atoms with Crippen LogP contribution in [-0.2, 0) is 14.4 Å². The Kier molecular flexibility index (Phi) is 5.06. The van der Waals surface area contributed by atoms with Crippen LogP contribution in [0.3, 0.4) is 0 Å². The molecule has 1 aliphatic heterocycles. The van der Waals surface area contributed by atoms with Gasteiger partial charge >= 0.3 is 12.0 Å². The van der Waals surface area contributed by atoms with E-state index in [1.165, 1.54) is 11.9 Å². The zero-order valence-corrected chi connectivity index (χ0v) is 11.8. The molecule has 1 fully saturated rings. The quantitative estimate of drug-likeness (QED) is 0.671. The Bertz CT molecular complexity index is 437. The number of carboxylic acid groups (broad SMARTS) is 1. The summed E-state index contributed by atoms with van der Waals surface area (Å²) < 4.78 is 0. The summed E-state index contributed by atoms with van der Waals surface area (Å²) in [5, 5.41) is 11.2. The minimum Gasteiger partial charge on any atom is -0.481 e. The molecule has 0 bridgehead atoms. The van der Waals surface area contributed by atoms with Crippen LogP contribution in [0.5, 0.6) is 0 Å². The Morgan fingerprint density at radius 1 is 1.50 bits per heavy atom. The van der Waals surface area contributed by atoms with Crippen molar-refractivity contribution in [1.29, 1.82) is 0 Å². The van der Waals surface area contributed by atoms with Gasteiger partial charge in [0.1, 0.15) is 6.04 Å². The first-order valence-electron chi connectivity index (χ1n) is 6.37. The van der Waals surface area contributed by atoms with E-state index in [-0.39, 0.29) is 18.7 Å². The van der Waals surface area contributed by atoms with Crippen molar-refractivity contribution in [2.75, 3.05) is 13.6 Å². The Morgan fingerprint density at radius 2 is 2.10 bits per heavy atom. The van der Waals surface area contributed by atoms with Gasteiger partial charge in [0.05, 0.1) is 12.8 Å². The van der Waals surface area contributed by atoms with E-state index in [0.29, 0.717) is 6.54 Å². The number of carbonyl (C=O) groups excluding carboxylic acids is 3. The van der Waals surface area contributed by atoms with Crippen molar-refractivity contribution in [3.63, 3.8) is 0 Å². The molecule has 4 amide bonds. The van der Waals surface area contributed by atoms with Crippen molar-refractivity contribution in [3.05, 3.63) is 0 Å². The fraction of sp³-hybridized carbons (Fsp3) is 0.667. The van der Waals surface area contributed by atoms with Crippen LogP contribution in [0.25, 0.3) is 0 Å². The summed E-state index contributed by atoms with van der Waals surface area (Å²) in [6, 6.07) is -1.91. The molecule has 8 heteroatoms. The number of hydrogen-bond acceptors (Lipinski definition) is 4. The first kappa shape index (κ1) is 15.9. The number of nitrogens with one attached hydrogen (secondary N) is 1. The monoisotopic (exact) mass is 285 g/mol. The average Bonchev–Trinajstić information content (AvgIpc) is 2.57.